The van der Waals surface area contributed by atoms with Crippen molar-refractivity contribution in [3.05, 3.63) is 40.9 Å². The van der Waals surface area contributed by atoms with Gasteiger partial charge in [0.05, 0.1) is 12.1 Å². The maximum absolute atomic E-state index is 8.48. The molecule has 130 valence electrons. The Morgan fingerprint density at radius 3 is 2.62 bits per heavy atom. The summed E-state index contributed by atoms with van der Waals surface area (Å²) in [7, 11) is 5.78. The van der Waals surface area contributed by atoms with E-state index in [1.807, 2.05) is 12.1 Å². The fourth-order valence-corrected chi connectivity index (χ4v) is 3.35. The number of rotatable bonds is 8. The molecule has 0 heterocycles. The van der Waals surface area contributed by atoms with Crippen LogP contribution in [0.5, 0.6) is 5.75 Å². The van der Waals surface area contributed by atoms with Crippen LogP contribution in [-0.4, -0.2) is 38.4 Å². The Morgan fingerprint density at radius 2 is 2.00 bits per heavy atom. The van der Waals surface area contributed by atoms with Crippen LogP contribution in [-0.2, 0) is 0 Å². The third-order valence-electron chi connectivity index (χ3n) is 4.37. The molecule has 1 unspecified atom stereocenters. The molecule has 0 aliphatic rings. The van der Waals surface area contributed by atoms with E-state index in [0.29, 0.717) is 10.8 Å². The van der Waals surface area contributed by atoms with Crippen LogP contribution < -0.4 is 4.74 Å². The van der Waals surface area contributed by atoms with Crippen molar-refractivity contribution in [2.45, 2.75) is 32.1 Å². The van der Waals surface area contributed by atoms with Crippen LogP contribution in [0, 0.1) is 5.41 Å². The highest BCUT2D eigenvalue weighted by molar-refractivity contribution is 6.37. The molecule has 0 saturated carbocycles. The Bertz CT molecular complexity index is 712. The SMILES string of the molecule is CCCC(=N)C(CCN(C)C)c1ccc2c(Cl)c(OC)ccc2c1. The predicted molar refractivity (Wildman–Crippen MR) is 104 cm³/mol. The van der Waals surface area contributed by atoms with Gasteiger partial charge in [-0.15, -0.1) is 0 Å². The number of benzene rings is 2. The number of nitrogens with zero attached hydrogens (tertiary/aromatic N) is 1. The van der Waals surface area contributed by atoms with Gasteiger partial charge in [0, 0.05) is 17.0 Å². The highest BCUT2D eigenvalue weighted by Crippen LogP contribution is 2.35. The fraction of sp³-hybridized carbons (Fsp3) is 0.450. The number of methoxy groups -OCH3 is 1. The molecular weight excluding hydrogens is 320 g/mol. The second kappa shape index (κ2) is 8.50. The van der Waals surface area contributed by atoms with Gasteiger partial charge in [-0.05, 0) is 50.5 Å². The summed E-state index contributed by atoms with van der Waals surface area (Å²) in [6, 6.07) is 10.3. The fourth-order valence-electron chi connectivity index (χ4n) is 3.04. The van der Waals surface area contributed by atoms with Crippen molar-refractivity contribution in [1.29, 1.82) is 5.41 Å². The average Bonchev–Trinajstić information content (AvgIpc) is 2.55. The summed E-state index contributed by atoms with van der Waals surface area (Å²) < 4.78 is 5.29. The van der Waals surface area contributed by atoms with Crippen LogP contribution in [0.4, 0.5) is 0 Å². The number of hydrogen-bond acceptors (Lipinski definition) is 3. The molecule has 0 aliphatic carbocycles. The maximum Gasteiger partial charge on any atom is 0.138 e. The molecule has 2 aromatic carbocycles. The molecule has 0 fully saturated rings. The van der Waals surface area contributed by atoms with Crippen molar-refractivity contribution in [2.24, 2.45) is 0 Å². The van der Waals surface area contributed by atoms with Crippen molar-refractivity contribution in [1.82, 2.24) is 4.90 Å². The van der Waals surface area contributed by atoms with Gasteiger partial charge in [-0.3, -0.25) is 0 Å². The van der Waals surface area contributed by atoms with E-state index in [0.717, 1.165) is 42.3 Å². The minimum atomic E-state index is 0.164. The van der Waals surface area contributed by atoms with E-state index < -0.39 is 0 Å². The lowest BCUT2D eigenvalue weighted by Gasteiger charge is -2.21. The summed E-state index contributed by atoms with van der Waals surface area (Å²) in [6.45, 7) is 3.10. The summed E-state index contributed by atoms with van der Waals surface area (Å²) in [5, 5.41) is 11.2. The number of fused-ring (bicyclic) bond motifs is 1. The number of halogens is 1. The maximum atomic E-state index is 8.48. The second-order valence-electron chi connectivity index (χ2n) is 6.48. The van der Waals surface area contributed by atoms with Crippen LogP contribution in [0.1, 0.15) is 37.7 Å². The molecule has 2 aromatic rings. The summed E-state index contributed by atoms with van der Waals surface area (Å²) in [5.74, 6) is 0.859. The Morgan fingerprint density at radius 1 is 1.25 bits per heavy atom. The summed E-state index contributed by atoms with van der Waals surface area (Å²) >= 11 is 6.41. The Hall–Kier alpha value is -1.58. The first kappa shape index (κ1) is 18.8. The minimum Gasteiger partial charge on any atom is -0.495 e. The van der Waals surface area contributed by atoms with Crippen LogP contribution in [0.15, 0.2) is 30.3 Å². The van der Waals surface area contributed by atoms with Crippen molar-refractivity contribution >= 4 is 28.1 Å². The van der Waals surface area contributed by atoms with Gasteiger partial charge in [0.1, 0.15) is 5.75 Å². The molecule has 0 bridgehead atoms. The Balaban J connectivity index is 2.40. The number of nitrogens with one attached hydrogen (secondary N) is 1. The van der Waals surface area contributed by atoms with Crippen LogP contribution in [0.2, 0.25) is 5.02 Å². The molecular formula is C20H27ClN2O. The standard InChI is InChI=1S/C20H27ClN2O/c1-5-6-18(22)16(11-12-23(2)3)14-7-9-17-15(13-14)8-10-19(24-4)20(17)21/h7-10,13,16,22H,5-6,11-12H2,1-4H3. The molecule has 1 atom stereocenters. The van der Waals surface area contributed by atoms with Crippen molar-refractivity contribution < 1.29 is 4.74 Å². The smallest absolute Gasteiger partial charge is 0.138 e. The molecule has 0 spiro atoms. The zero-order valence-electron chi connectivity index (χ0n) is 15.0. The lowest BCUT2D eigenvalue weighted by molar-refractivity contribution is 0.394. The molecule has 24 heavy (non-hydrogen) atoms. The molecule has 0 radical (unpaired) electrons. The Kier molecular flexibility index (Phi) is 6.64. The van der Waals surface area contributed by atoms with Gasteiger partial charge in [-0.1, -0.05) is 49.2 Å². The number of hydrogen-bond donors (Lipinski definition) is 1. The largest absolute Gasteiger partial charge is 0.495 e. The van der Waals surface area contributed by atoms with E-state index in [1.54, 1.807) is 7.11 Å². The molecule has 1 N–H and O–H groups in total. The lowest BCUT2D eigenvalue weighted by atomic mass is 9.87. The van der Waals surface area contributed by atoms with Crippen LogP contribution >= 0.6 is 11.6 Å². The molecule has 2 rings (SSSR count). The normalized spacial score (nSPS) is 12.6. The molecule has 0 aromatic heterocycles. The second-order valence-corrected chi connectivity index (χ2v) is 6.86. The summed E-state index contributed by atoms with van der Waals surface area (Å²) in [6.07, 6.45) is 2.81. The van der Waals surface area contributed by atoms with Gasteiger partial charge >= 0.3 is 0 Å². The topological polar surface area (TPSA) is 36.3 Å². The highest BCUT2D eigenvalue weighted by atomic mass is 35.5. The van der Waals surface area contributed by atoms with E-state index in [1.165, 1.54) is 5.56 Å². The summed E-state index contributed by atoms with van der Waals surface area (Å²) in [5.41, 5.74) is 2.02. The monoisotopic (exact) mass is 346 g/mol. The Labute approximate surface area is 150 Å². The van der Waals surface area contributed by atoms with E-state index in [4.69, 9.17) is 21.7 Å². The predicted octanol–water partition coefficient (Wildman–Crippen LogP) is 5.36. The third-order valence-corrected chi connectivity index (χ3v) is 4.76. The van der Waals surface area contributed by atoms with E-state index in [2.05, 4.69) is 44.1 Å². The minimum absolute atomic E-state index is 0.164. The quantitative estimate of drug-likeness (QED) is 0.653. The van der Waals surface area contributed by atoms with Gasteiger partial charge in [0.15, 0.2) is 0 Å². The summed E-state index contributed by atoms with van der Waals surface area (Å²) in [4.78, 5) is 2.18. The van der Waals surface area contributed by atoms with Gasteiger partial charge in [0.25, 0.3) is 0 Å². The van der Waals surface area contributed by atoms with E-state index >= 15 is 0 Å². The lowest BCUT2D eigenvalue weighted by Crippen LogP contribution is -2.20. The zero-order valence-corrected chi connectivity index (χ0v) is 15.8. The molecule has 4 heteroatoms. The molecule has 0 aliphatic heterocycles. The van der Waals surface area contributed by atoms with Crippen molar-refractivity contribution in [2.75, 3.05) is 27.7 Å². The van der Waals surface area contributed by atoms with Gasteiger partial charge in [-0.25, -0.2) is 0 Å². The first-order valence-corrected chi connectivity index (χ1v) is 8.83. The zero-order chi connectivity index (χ0) is 17.7. The van der Waals surface area contributed by atoms with Gasteiger partial charge in [0.2, 0.25) is 0 Å². The van der Waals surface area contributed by atoms with Crippen molar-refractivity contribution in [3.8, 4) is 5.75 Å². The highest BCUT2D eigenvalue weighted by Gasteiger charge is 2.18. The van der Waals surface area contributed by atoms with Gasteiger partial charge in [-0.2, -0.15) is 0 Å². The molecule has 0 saturated heterocycles. The van der Waals surface area contributed by atoms with E-state index in [9.17, 15) is 0 Å². The van der Waals surface area contributed by atoms with Gasteiger partial charge < -0.3 is 15.0 Å². The molecule has 3 nitrogen and oxygen atoms in total. The van der Waals surface area contributed by atoms with Crippen molar-refractivity contribution in [3.63, 3.8) is 0 Å². The van der Waals surface area contributed by atoms with Crippen LogP contribution in [0.3, 0.4) is 0 Å². The first-order chi connectivity index (χ1) is 11.5. The van der Waals surface area contributed by atoms with E-state index in [-0.39, 0.29) is 5.92 Å². The van der Waals surface area contributed by atoms with Crippen LogP contribution in [0.25, 0.3) is 10.8 Å². The number of ether oxygens (including phenoxy) is 1. The average molecular weight is 347 g/mol. The molecule has 0 amide bonds. The third kappa shape index (κ3) is 4.28. The first-order valence-electron chi connectivity index (χ1n) is 8.46.